The topological polar surface area (TPSA) is 33.2 Å². The van der Waals surface area contributed by atoms with Crippen molar-refractivity contribution in [3.63, 3.8) is 0 Å². The lowest BCUT2D eigenvalue weighted by molar-refractivity contribution is -0.127. The first-order valence-electron chi connectivity index (χ1n) is 5.81. The Kier molecular flexibility index (Phi) is 3.87. The maximum atomic E-state index is 11.9. The number of fused-ring (bicyclic) bond motifs is 1. The van der Waals surface area contributed by atoms with Crippen LogP contribution in [0, 0.1) is 0 Å². The van der Waals surface area contributed by atoms with E-state index >= 15 is 0 Å². The first-order chi connectivity index (χ1) is 8.59. The van der Waals surface area contributed by atoms with E-state index in [4.69, 9.17) is 0 Å². The summed E-state index contributed by atoms with van der Waals surface area (Å²) in [5.74, 6) is 0.118. The second-order valence-corrected chi connectivity index (χ2v) is 5.71. The van der Waals surface area contributed by atoms with Gasteiger partial charge in [0.1, 0.15) is 0 Å². The number of aromatic nitrogens is 1. The predicted molar refractivity (Wildman–Crippen MR) is 75.8 cm³/mol. The minimum absolute atomic E-state index is 0.104. The van der Waals surface area contributed by atoms with E-state index in [-0.39, 0.29) is 11.2 Å². The third-order valence-corrected chi connectivity index (χ3v) is 3.83. The first kappa shape index (κ1) is 12.9. The third-order valence-electron chi connectivity index (χ3n) is 2.69. The van der Waals surface area contributed by atoms with Crippen LogP contribution in [-0.2, 0) is 4.79 Å². The first-order valence-corrected chi connectivity index (χ1v) is 6.69. The minimum atomic E-state index is -0.104. The number of nitrogens with zero attached hydrogens (tertiary/aromatic N) is 2. The molecular formula is C14H16N2OS. The molecule has 0 aliphatic rings. The highest BCUT2D eigenvalue weighted by atomic mass is 32.2. The fraction of sp³-hybridized carbons (Fsp3) is 0.286. The Balaban J connectivity index is 2.29. The Labute approximate surface area is 111 Å². The van der Waals surface area contributed by atoms with Gasteiger partial charge in [0.2, 0.25) is 5.91 Å². The standard InChI is InChI=1S/C14H16N2OS/c1-10(14(17)16(2)3)18-12-8-4-6-11-7-5-9-15-13(11)12/h4-10H,1-3H3. The number of carbonyl (C=O) groups is 1. The van der Waals surface area contributed by atoms with Crippen LogP contribution in [-0.4, -0.2) is 35.1 Å². The molecule has 0 bridgehead atoms. The van der Waals surface area contributed by atoms with Gasteiger partial charge >= 0.3 is 0 Å². The molecule has 1 heterocycles. The molecule has 1 amide bonds. The normalized spacial score (nSPS) is 12.4. The van der Waals surface area contributed by atoms with Gasteiger partial charge in [0.15, 0.2) is 0 Å². The maximum absolute atomic E-state index is 11.9. The molecule has 4 heteroatoms. The summed E-state index contributed by atoms with van der Waals surface area (Å²) in [5.41, 5.74) is 0.961. The Bertz CT molecular complexity index is 563. The van der Waals surface area contributed by atoms with Crippen molar-refractivity contribution in [1.29, 1.82) is 0 Å². The van der Waals surface area contributed by atoms with Crippen molar-refractivity contribution in [2.75, 3.05) is 14.1 Å². The van der Waals surface area contributed by atoms with E-state index < -0.39 is 0 Å². The number of benzene rings is 1. The molecule has 1 aromatic heterocycles. The molecular weight excluding hydrogens is 244 g/mol. The molecule has 1 atom stereocenters. The van der Waals surface area contributed by atoms with Gasteiger partial charge in [-0.25, -0.2) is 0 Å². The van der Waals surface area contributed by atoms with E-state index in [1.165, 1.54) is 0 Å². The fourth-order valence-electron chi connectivity index (χ4n) is 1.78. The van der Waals surface area contributed by atoms with Gasteiger partial charge in [0, 0.05) is 30.6 Å². The Morgan fingerprint density at radius 2 is 2.00 bits per heavy atom. The quantitative estimate of drug-likeness (QED) is 0.796. The molecule has 2 rings (SSSR count). The molecule has 1 aromatic carbocycles. The van der Waals surface area contributed by atoms with Gasteiger partial charge in [-0.3, -0.25) is 9.78 Å². The number of pyridine rings is 1. The average Bonchev–Trinajstić information content (AvgIpc) is 2.38. The molecule has 3 nitrogen and oxygen atoms in total. The fourth-order valence-corrected chi connectivity index (χ4v) is 2.91. The maximum Gasteiger partial charge on any atom is 0.235 e. The molecule has 1 unspecified atom stereocenters. The average molecular weight is 260 g/mol. The molecule has 0 aliphatic carbocycles. The summed E-state index contributed by atoms with van der Waals surface area (Å²) in [7, 11) is 3.56. The van der Waals surface area contributed by atoms with E-state index in [1.807, 2.05) is 37.3 Å². The van der Waals surface area contributed by atoms with Crippen molar-refractivity contribution < 1.29 is 4.79 Å². The predicted octanol–water partition coefficient (Wildman–Crippen LogP) is 2.80. The Morgan fingerprint density at radius 1 is 1.28 bits per heavy atom. The molecule has 94 valence electrons. The molecule has 0 radical (unpaired) electrons. The van der Waals surface area contributed by atoms with Crippen molar-refractivity contribution in [3.8, 4) is 0 Å². The van der Waals surface area contributed by atoms with Gasteiger partial charge in [0.25, 0.3) is 0 Å². The van der Waals surface area contributed by atoms with Crippen LogP contribution >= 0.6 is 11.8 Å². The SMILES string of the molecule is CC(Sc1cccc2cccnc12)C(=O)N(C)C. The summed E-state index contributed by atoms with van der Waals surface area (Å²) in [6.45, 7) is 1.93. The number of amides is 1. The number of hydrogen-bond donors (Lipinski definition) is 0. The van der Waals surface area contributed by atoms with Gasteiger partial charge in [-0.1, -0.05) is 18.2 Å². The van der Waals surface area contributed by atoms with Crippen LogP contribution in [0.4, 0.5) is 0 Å². The van der Waals surface area contributed by atoms with E-state index in [0.29, 0.717) is 0 Å². The largest absolute Gasteiger partial charge is 0.348 e. The minimum Gasteiger partial charge on any atom is -0.348 e. The monoisotopic (exact) mass is 260 g/mol. The summed E-state index contributed by atoms with van der Waals surface area (Å²) in [6, 6.07) is 10.00. The van der Waals surface area contributed by atoms with E-state index in [9.17, 15) is 4.79 Å². The summed E-state index contributed by atoms with van der Waals surface area (Å²) >= 11 is 1.56. The molecule has 0 aliphatic heterocycles. The smallest absolute Gasteiger partial charge is 0.235 e. The van der Waals surface area contributed by atoms with Crippen LogP contribution in [0.1, 0.15) is 6.92 Å². The summed E-state index contributed by atoms with van der Waals surface area (Å²) in [4.78, 5) is 18.9. The molecule has 0 N–H and O–H groups in total. The van der Waals surface area contributed by atoms with Crippen molar-refractivity contribution in [2.45, 2.75) is 17.1 Å². The van der Waals surface area contributed by atoms with Crippen molar-refractivity contribution in [3.05, 3.63) is 36.5 Å². The van der Waals surface area contributed by atoms with Gasteiger partial charge in [-0.05, 0) is 19.1 Å². The van der Waals surface area contributed by atoms with Crippen molar-refractivity contribution in [1.82, 2.24) is 9.88 Å². The number of rotatable bonds is 3. The molecule has 2 aromatic rings. The zero-order valence-corrected chi connectivity index (χ0v) is 11.6. The lowest BCUT2D eigenvalue weighted by atomic mass is 10.2. The summed E-state index contributed by atoms with van der Waals surface area (Å²) < 4.78 is 0. The second kappa shape index (κ2) is 5.40. The molecule has 0 saturated heterocycles. The Morgan fingerprint density at radius 3 is 2.72 bits per heavy atom. The van der Waals surface area contributed by atoms with Crippen molar-refractivity contribution in [2.24, 2.45) is 0 Å². The number of carbonyl (C=O) groups excluding carboxylic acids is 1. The highest BCUT2D eigenvalue weighted by Gasteiger charge is 2.17. The number of para-hydroxylation sites is 1. The van der Waals surface area contributed by atoms with E-state index in [1.54, 1.807) is 37.0 Å². The summed E-state index contributed by atoms with van der Waals surface area (Å²) in [6.07, 6.45) is 1.78. The van der Waals surface area contributed by atoms with Gasteiger partial charge in [-0.2, -0.15) is 0 Å². The van der Waals surface area contributed by atoms with Crippen LogP contribution in [0.15, 0.2) is 41.4 Å². The number of hydrogen-bond acceptors (Lipinski definition) is 3. The lowest BCUT2D eigenvalue weighted by Gasteiger charge is -2.16. The van der Waals surface area contributed by atoms with Crippen LogP contribution in [0.3, 0.4) is 0 Å². The van der Waals surface area contributed by atoms with Crippen LogP contribution < -0.4 is 0 Å². The van der Waals surface area contributed by atoms with Crippen LogP contribution in [0.2, 0.25) is 0 Å². The van der Waals surface area contributed by atoms with Crippen LogP contribution in [0.25, 0.3) is 10.9 Å². The van der Waals surface area contributed by atoms with Crippen LogP contribution in [0.5, 0.6) is 0 Å². The van der Waals surface area contributed by atoms with E-state index in [2.05, 4.69) is 4.98 Å². The lowest BCUT2D eigenvalue weighted by Crippen LogP contribution is -2.29. The molecule has 0 fully saturated rings. The van der Waals surface area contributed by atoms with Gasteiger partial charge in [-0.15, -0.1) is 11.8 Å². The molecule has 0 spiro atoms. The van der Waals surface area contributed by atoms with Gasteiger partial charge in [0.05, 0.1) is 10.8 Å². The van der Waals surface area contributed by atoms with E-state index in [0.717, 1.165) is 15.8 Å². The highest BCUT2D eigenvalue weighted by Crippen LogP contribution is 2.29. The Hall–Kier alpha value is -1.55. The molecule has 18 heavy (non-hydrogen) atoms. The zero-order valence-electron chi connectivity index (χ0n) is 10.8. The number of thioether (sulfide) groups is 1. The van der Waals surface area contributed by atoms with Crippen molar-refractivity contribution >= 4 is 28.6 Å². The third kappa shape index (κ3) is 2.64. The summed E-state index contributed by atoms with van der Waals surface area (Å²) in [5, 5.41) is 1.000. The van der Waals surface area contributed by atoms with Gasteiger partial charge < -0.3 is 4.90 Å². The molecule has 0 saturated carbocycles. The highest BCUT2D eigenvalue weighted by molar-refractivity contribution is 8.00. The zero-order chi connectivity index (χ0) is 13.1. The second-order valence-electron chi connectivity index (χ2n) is 4.32.